The monoisotopic (exact) mass is 823 g/mol. The summed E-state index contributed by atoms with van der Waals surface area (Å²) in [6, 6.07) is 0. The van der Waals surface area contributed by atoms with Gasteiger partial charge >= 0.3 is 13.8 Å². The van der Waals surface area contributed by atoms with Crippen LogP contribution in [-0.4, -0.2) is 75.6 Å². The number of hydrogen-bond acceptors (Lipinski definition) is 6. The van der Waals surface area contributed by atoms with E-state index in [1.807, 2.05) is 21.1 Å². The molecule has 0 aromatic heterocycles. The lowest BCUT2D eigenvalue weighted by molar-refractivity contribution is -0.870. The Morgan fingerprint density at radius 1 is 0.561 bits per heavy atom. The number of carbonyl (C=O) groups is 1. The molecule has 8 nitrogen and oxygen atoms in total. The topological polar surface area (TPSA) is 91.3 Å². The molecule has 2 atom stereocenters. The summed E-state index contributed by atoms with van der Waals surface area (Å²) in [6.07, 6.45) is 51.1. The van der Waals surface area contributed by atoms with Crippen LogP contribution in [0, 0.1) is 0 Å². The van der Waals surface area contributed by atoms with Crippen LogP contribution in [0.15, 0.2) is 60.8 Å². The third-order valence-corrected chi connectivity index (χ3v) is 10.6. The first-order valence-electron chi connectivity index (χ1n) is 23.0. The lowest BCUT2D eigenvalue weighted by atomic mass is 10.0. The van der Waals surface area contributed by atoms with E-state index in [1.165, 1.54) is 83.5 Å². The van der Waals surface area contributed by atoms with Gasteiger partial charge in [-0.1, -0.05) is 177 Å². The number of allylic oxidation sites excluding steroid dienone is 10. The zero-order valence-corrected chi connectivity index (χ0v) is 38.5. The summed E-state index contributed by atoms with van der Waals surface area (Å²) < 4.78 is 35.0. The van der Waals surface area contributed by atoms with Crippen molar-refractivity contribution >= 4 is 13.8 Å². The van der Waals surface area contributed by atoms with Crippen molar-refractivity contribution < 1.29 is 37.3 Å². The largest absolute Gasteiger partial charge is 0.472 e. The Labute approximate surface area is 351 Å². The van der Waals surface area contributed by atoms with Crippen molar-refractivity contribution in [2.45, 2.75) is 187 Å². The molecule has 0 aromatic carbocycles. The predicted octanol–water partition coefficient (Wildman–Crippen LogP) is 13.7. The van der Waals surface area contributed by atoms with Gasteiger partial charge in [0.15, 0.2) is 0 Å². The highest BCUT2D eigenvalue weighted by atomic mass is 31.2. The van der Waals surface area contributed by atoms with Gasteiger partial charge in [-0.3, -0.25) is 13.8 Å². The Kier molecular flexibility index (Phi) is 39.7. The van der Waals surface area contributed by atoms with E-state index in [2.05, 4.69) is 74.6 Å². The number of rotatable bonds is 42. The fourth-order valence-electron chi connectivity index (χ4n) is 6.05. The number of likely N-dealkylation sites (N-methyl/N-ethyl adjacent to an activating group) is 1. The molecule has 332 valence electrons. The minimum atomic E-state index is -4.28. The van der Waals surface area contributed by atoms with Crippen molar-refractivity contribution in [3.63, 3.8) is 0 Å². The highest BCUT2D eigenvalue weighted by Gasteiger charge is 2.26. The Morgan fingerprint density at radius 2 is 1.02 bits per heavy atom. The van der Waals surface area contributed by atoms with Gasteiger partial charge in [0, 0.05) is 13.0 Å². The minimum Gasteiger partial charge on any atom is -0.457 e. The molecule has 57 heavy (non-hydrogen) atoms. The van der Waals surface area contributed by atoms with Crippen LogP contribution in [-0.2, 0) is 27.9 Å². The quantitative estimate of drug-likeness (QED) is 0.0215. The maximum Gasteiger partial charge on any atom is 0.472 e. The molecule has 0 aromatic rings. The van der Waals surface area contributed by atoms with Crippen molar-refractivity contribution in [2.24, 2.45) is 0 Å². The summed E-state index contributed by atoms with van der Waals surface area (Å²) in [7, 11) is 1.65. The zero-order valence-electron chi connectivity index (χ0n) is 37.6. The molecule has 0 bridgehead atoms. The third-order valence-electron chi connectivity index (χ3n) is 9.59. The van der Waals surface area contributed by atoms with E-state index in [0.29, 0.717) is 24.1 Å². The molecule has 0 heterocycles. The molecule has 0 rings (SSSR count). The highest BCUT2D eigenvalue weighted by molar-refractivity contribution is 7.47. The second kappa shape index (κ2) is 41.0. The lowest BCUT2D eigenvalue weighted by Crippen LogP contribution is -2.37. The first-order chi connectivity index (χ1) is 27.6. The number of hydrogen-bond donors (Lipinski definition) is 1. The maximum atomic E-state index is 12.7. The van der Waals surface area contributed by atoms with Crippen LogP contribution in [0.25, 0.3) is 0 Å². The molecule has 2 unspecified atom stereocenters. The molecule has 0 saturated carbocycles. The molecule has 0 spiro atoms. The van der Waals surface area contributed by atoms with E-state index in [0.717, 1.165) is 77.0 Å². The molecule has 0 aliphatic carbocycles. The average Bonchev–Trinajstić information content (AvgIpc) is 3.16. The summed E-state index contributed by atoms with van der Waals surface area (Å²) in [6.45, 7) is 5.47. The van der Waals surface area contributed by atoms with Gasteiger partial charge in [0.25, 0.3) is 0 Å². The van der Waals surface area contributed by atoms with Crippen LogP contribution in [0.2, 0.25) is 0 Å². The normalized spacial score (nSPS) is 14.3. The fourth-order valence-corrected chi connectivity index (χ4v) is 6.79. The van der Waals surface area contributed by atoms with Gasteiger partial charge in [0.2, 0.25) is 0 Å². The summed E-state index contributed by atoms with van der Waals surface area (Å²) in [5, 5.41) is 0. The molecule has 0 amide bonds. The molecule has 1 N–H and O–H groups in total. The van der Waals surface area contributed by atoms with Crippen molar-refractivity contribution in [1.29, 1.82) is 0 Å². The van der Waals surface area contributed by atoms with Crippen LogP contribution < -0.4 is 0 Å². The third kappa shape index (κ3) is 45.1. The first kappa shape index (κ1) is 55.2. The van der Waals surface area contributed by atoms with E-state index in [4.69, 9.17) is 18.5 Å². The zero-order chi connectivity index (χ0) is 42.0. The molecule has 0 fully saturated rings. The number of quaternary nitrogens is 1. The SMILES string of the molecule is CC/C=C\C/C=C\C/C=C\C/C=C\C/C=C\CCCCCCCCOCC(COP(=O)(O)OCC[N+](C)(C)C)OC(=O)CCCCCCCCCCCCCCC. The smallest absolute Gasteiger partial charge is 0.457 e. The Hall–Kier alpha value is -1.80. The van der Waals surface area contributed by atoms with E-state index in [-0.39, 0.29) is 25.8 Å². The number of esters is 1. The van der Waals surface area contributed by atoms with Gasteiger partial charge in [-0.25, -0.2) is 4.57 Å². The number of unbranched alkanes of at least 4 members (excludes halogenated alkanes) is 18. The minimum absolute atomic E-state index is 0.0840. The fraction of sp³-hybridized carbons (Fsp3) is 0.771. The summed E-state index contributed by atoms with van der Waals surface area (Å²) in [4.78, 5) is 22.9. The molecule has 0 radical (unpaired) electrons. The van der Waals surface area contributed by atoms with Crippen LogP contribution in [0.1, 0.15) is 181 Å². The van der Waals surface area contributed by atoms with E-state index >= 15 is 0 Å². The summed E-state index contributed by atoms with van der Waals surface area (Å²) >= 11 is 0. The van der Waals surface area contributed by atoms with Crippen LogP contribution in [0.5, 0.6) is 0 Å². The molecule has 9 heteroatoms. The Morgan fingerprint density at radius 3 is 1.53 bits per heavy atom. The lowest BCUT2D eigenvalue weighted by Gasteiger charge is -2.24. The van der Waals surface area contributed by atoms with E-state index < -0.39 is 13.9 Å². The number of phosphoric acid groups is 1. The summed E-state index contributed by atoms with van der Waals surface area (Å²) in [5.41, 5.74) is 0. The van der Waals surface area contributed by atoms with E-state index in [9.17, 15) is 14.3 Å². The number of ether oxygens (including phenoxy) is 2. The van der Waals surface area contributed by atoms with Gasteiger partial charge in [-0.05, 0) is 57.8 Å². The van der Waals surface area contributed by atoms with Crippen LogP contribution in [0.4, 0.5) is 0 Å². The Bertz CT molecular complexity index is 1090. The van der Waals surface area contributed by atoms with Gasteiger partial charge in [-0.15, -0.1) is 0 Å². The second-order valence-electron chi connectivity index (χ2n) is 16.4. The van der Waals surface area contributed by atoms with Gasteiger partial charge < -0.3 is 18.9 Å². The predicted molar refractivity (Wildman–Crippen MR) is 242 cm³/mol. The van der Waals surface area contributed by atoms with E-state index in [1.54, 1.807) is 0 Å². The van der Waals surface area contributed by atoms with Gasteiger partial charge in [-0.2, -0.15) is 0 Å². The number of phosphoric ester groups is 1. The molecular formula is C48H89NO7P+. The average molecular weight is 823 g/mol. The highest BCUT2D eigenvalue weighted by Crippen LogP contribution is 2.43. The number of nitrogens with zero attached hydrogens (tertiary/aromatic N) is 1. The maximum absolute atomic E-state index is 12.7. The first-order valence-corrected chi connectivity index (χ1v) is 24.5. The van der Waals surface area contributed by atoms with Gasteiger partial charge in [0.1, 0.15) is 19.3 Å². The van der Waals surface area contributed by atoms with Crippen molar-refractivity contribution in [3.8, 4) is 0 Å². The second-order valence-corrected chi connectivity index (χ2v) is 17.9. The van der Waals surface area contributed by atoms with Crippen LogP contribution >= 0.6 is 7.82 Å². The Balaban J connectivity index is 4.22. The van der Waals surface area contributed by atoms with Crippen molar-refractivity contribution in [3.05, 3.63) is 60.8 Å². The molecule has 0 aliphatic heterocycles. The number of carbonyl (C=O) groups excluding carboxylic acids is 1. The molecular weight excluding hydrogens is 734 g/mol. The van der Waals surface area contributed by atoms with Crippen molar-refractivity contribution in [2.75, 3.05) is 54.1 Å². The standard InChI is InChI=1S/C48H88NO7P/c1-6-8-10-12-14-16-18-20-21-22-23-24-25-26-27-28-30-32-34-36-38-40-43-53-45-47(46-55-57(51,52)54-44-42-49(3,4)5)56-48(50)41-39-37-35-33-31-29-19-17-15-13-11-9-7-2/h8,10,14,16,20-21,23-24,26-27,47H,6-7,9,11-13,15,17-19,22,25,28-46H2,1-5H3/p+1/b10-8-,16-14-,21-20-,24-23-,27-26-. The summed E-state index contributed by atoms with van der Waals surface area (Å²) in [5.74, 6) is -0.321. The van der Waals surface area contributed by atoms with Gasteiger partial charge in [0.05, 0.1) is 34.4 Å². The van der Waals surface area contributed by atoms with Crippen molar-refractivity contribution in [1.82, 2.24) is 0 Å². The molecule has 0 saturated heterocycles. The molecule has 0 aliphatic rings. The van der Waals surface area contributed by atoms with Crippen LogP contribution in [0.3, 0.4) is 0 Å².